The molecule has 3 rings (SSSR count). The van der Waals surface area contributed by atoms with Crippen LogP contribution < -0.4 is 0 Å². The van der Waals surface area contributed by atoms with E-state index in [2.05, 4.69) is 11.8 Å². The van der Waals surface area contributed by atoms with E-state index in [9.17, 15) is 9.59 Å². The average molecular weight is 493 g/mol. The Balaban J connectivity index is 1.72. The lowest BCUT2D eigenvalue weighted by molar-refractivity contribution is -0.129. The minimum absolute atomic E-state index is 0.0525. The first-order chi connectivity index (χ1) is 16.9. The topological polar surface area (TPSA) is 86.7 Å². The zero-order valence-electron chi connectivity index (χ0n) is 21.5. The maximum atomic E-state index is 12.5. The molecule has 1 aliphatic rings. The number of carbonyl (C=O) groups is 2. The number of rotatable bonds is 3. The van der Waals surface area contributed by atoms with Gasteiger partial charge in [0.05, 0.1) is 0 Å². The highest BCUT2D eigenvalue weighted by molar-refractivity contribution is 5.95. The molecule has 0 aliphatic carbocycles. The number of amides is 1. The van der Waals surface area contributed by atoms with Gasteiger partial charge in [-0.2, -0.15) is 0 Å². The highest BCUT2D eigenvalue weighted by atomic mass is 16.8. The van der Waals surface area contributed by atoms with E-state index in [0.717, 1.165) is 16.2 Å². The van der Waals surface area contributed by atoms with E-state index in [1.807, 2.05) is 54.6 Å². The molecule has 2 aromatic carbocycles. The Bertz CT molecular complexity index is 1170. The highest BCUT2D eigenvalue weighted by Gasteiger charge is 2.27. The van der Waals surface area contributed by atoms with Crippen LogP contribution in [-0.2, 0) is 19.0 Å². The van der Waals surface area contributed by atoms with Crippen molar-refractivity contribution in [1.82, 2.24) is 5.06 Å². The summed E-state index contributed by atoms with van der Waals surface area (Å²) in [6, 6.07) is 17.4. The van der Waals surface area contributed by atoms with E-state index >= 15 is 0 Å². The number of benzene rings is 2. The van der Waals surface area contributed by atoms with Crippen LogP contribution >= 0.6 is 0 Å². The molecule has 1 atom stereocenters. The Kier molecular flexibility index (Phi) is 8.25. The number of hydrogen-bond donors (Lipinski definition) is 0. The molecule has 0 radical (unpaired) electrons. The molecule has 0 fully saturated rings. The van der Waals surface area contributed by atoms with Crippen LogP contribution in [0.2, 0.25) is 0 Å². The first-order valence-corrected chi connectivity index (χ1v) is 11.7. The molecular formula is C28H32N2O6. The average Bonchev–Trinajstić information content (AvgIpc) is 3.27. The van der Waals surface area contributed by atoms with E-state index in [-0.39, 0.29) is 12.6 Å². The monoisotopic (exact) mass is 492 g/mol. The molecule has 1 amide bonds. The molecular weight excluding hydrogens is 460 g/mol. The van der Waals surface area contributed by atoms with E-state index in [1.165, 1.54) is 0 Å². The SMILES string of the molecule is CC(C)(C)OC(=O)ON(CC#Cc1cccc(C2=N[C@H](c3ccccc3)CO2)c1)C(=O)OC(C)(C)C. The fourth-order valence-electron chi connectivity index (χ4n) is 3.13. The van der Waals surface area contributed by atoms with Gasteiger partial charge in [-0.3, -0.25) is 4.84 Å². The lowest BCUT2D eigenvalue weighted by Crippen LogP contribution is -2.40. The Hall–Kier alpha value is -3.99. The predicted octanol–water partition coefficient (Wildman–Crippen LogP) is 5.66. The zero-order chi connectivity index (χ0) is 26.3. The van der Waals surface area contributed by atoms with Gasteiger partial charge in [0.15, 0.2) is 0 Å². The standard InChI is InChI=1S/C28H32N2O6/c1-27(2,3)34-25(31)30(36-26(32)35-28(4,5)6)17-11-13-20-12-10-16-22(18-20)24-29-23(19-33-24)21-14-8-7-9-15-21/h7-10,12,14-16,18,23H,17,19H2,1-6H3/t23-/m0/s1. The Morgan fingerprint density at radius 1 is 1.00 bits per heavy atom. The summed E-state index contributed by atoms with van der Waals surface area (Å²) in [5.74, 6) is 6.38. The summed E-state index contributed by atoms with van der Waals surface area (Å²) in [6.07, 6.45) is -1.88. The minimum atomic E-state index is -1.03. The van der Waals surface area contributed by atoms with E-state index in [4.69, 9.17) is 24.0 Å². The van der Waals surface area contributed by atoms with Crippen LogP contribution in [0.3, 0.4) is 0 Å². The third-order valence-electron chi connectivity index (χ3n) is 4.57. The largest absolute Gasteiger partial charge is 0.534 e. The van der Waals surface area contributed by atoms with Crippen molar-refractivity contribution in [3.63, 3.8) is 0 Å². The zero-order valence-corrected chi connectivity index (χ0v) is 21.5. The van der Waals surface area contributed by atoms with Gasteiger partial charge in [-0.1, -0.05) is 48.2 Å². The molecule has 8 nitrogen and oxygen atoms in total. The molecule has 0 spiro atoms. The van der Waals surface area contributed by atoms with Crippen molar-refractivity contribution in [3.8, 4) is 11.8 Å². The summed E-state index contributed by atoms with van der Waals surface area (Å²) >= 11 is 0. The summed E-state index contributed by atoms with van der Waals surface area (Å²) in [6.45, 7) is 10.5. The van der Waals surface area contributed by atoms with Crippen LogP contribution in [0.5, 0.6) is 0 Å². The van der Waals surface area contributed by atoms with Crippen LogP contribution in [-0.4, -0.2) is 47.6 Å². The van der Waals surface area contributed by atoms with Crippen LogP contribution in [0.1, 0.15) is 64.3 Å². The molecule has 0 bridgehead atoms. The highest BCUT2D eigenvalue weighted by Crippen LogP contribution is 2.25. The van der Waals surface area contributed by atoms with E-state index in [0.29, 0.717) is 18.1 Å². The molecule has 0 N–H and O–H groups in total. The summed E-state index contributed by atoms with van der Waals surface area (Å²) < 4.78 is 16.3. The van der Waals surface area contributed by atoms with E-state index < -0.39 is 23.5 Å². The van der Waals surface area contributed by atoms with Gasteiger partial charge in [-0.05, 0) is 65.3 Å². The number of aliphatic imine (C=N–C) groups is 1. The smallest absolute Gasteiger partial charge is 0.475 e. The first-order valence-electron chi connectivity index (χ1n) is 11.7. The second-order valence-electron chi connectivity index (χ2n) is 10.1. The lowest BCUT2D eigenvalue weighted by Gasteiger charge is -2.26. The molecule has 1 aliphatic heterocycles. The lowest BCUT2D eigenvalue weighted by atomic mass is 10.1. The normalized spacial score (nSPS) is 15.1. The van der Waals surface area contributed by atoms with Gasteiger partial charge in [-0.15, -0.1) is 5.06 Å². The number of hydrogen-bond acceptors (Lipinski definition) is 7. The van der Waals surface area contributed by atoms with Crippen LogP contribution in [0, 0.1) is 11.8 Å². The Morgan fingerprint density at radius 3 is 2.36 bits per heavy atom. The van der Waals surface area contributed by atoms with Gasteiger partial charge in [-0.25, -0.2) is 14.6 Å². The Morgan fingerprint density at radius 2 is 1.69 bits per heavy atom. The van der Waals surface area contributed by atoms with Crippen molar-refractivity contribution in [2.45, 2.75) is 58.8 Å². The molecule has 0 aromatic heterocycles. The molecule has 0 saturated carbocycles. The third-order valence-corrected chi connectivity index (χ3v) is 4.57. The van der Waals surface area contributed by atoms with Gasteiger partial charge in [0, 0.05) is 11.1 Å². The second-order valence-corrected chi connectivity index (χ2v) is 10.1. The van der Waals surface area contributed by atoms with Crippen molar-refractivity contribution in [3.05, 3.63) is 71.3 Å². The van der Waals surface area contributed by atoms with Crippen LogP contribution in [0.25, 0.3) is 0 Å². The molecule has 190 valence electrons. The number of carbonyl (C=O) groups excluding carboxylic acids is 2. The summed E-state index contributed by atoms with van der Waals surface area (Å²) in [5.41, 5.74) is 1.01. The van der Waals surface area contributed by atoms with Crippen LogP contribution in [0.4, 0.5) is 9.59 Å². The third kappa shape index (κ3) is 8.35. The predicted molar refractivity (Wildman–Crippen MR) is 135 cm³/mol. The van der Waals surface area contributed by atoms with Crippen molar-refractivity contribution < 1.29 is 28.6 Å². The first kappa shape index (κ1) is 26.6. The fourth-order valence-corrected chi connectivity index (χ4v) is 3.13. The molecule has 1 heterocycles. The van der Waals surface area contributed by atoms with Crippen LogP contribution in [0.15, 0.2) is 59.6 Å². The summed E-state index contributed by atoms with van der Waals surface area (Å²) in [7, 11) is 0. The molecule has 36 heavy (non-hydrogen) atoms. The van der Waals surface area contributed by atoms with Gasteiger partial charge in [0.25, 0.3) is 0 Å². The summed E-state index contributed by atoms with van der Waals surface area (Å²) in [5, 5.41) is 0.741. The summed E-state index contributed by atoms with van der Waals surface area (Å²) in [4.78, 5) is 34.5. The van der Waals surface area contributed by atoms with Gasteiger partial charge >= 0.3 is 12.2 Å². The fraction of sp³-hybridized carbons (Fsp3) is 0.393. The van der Waals surface area contributed by atoms with Crippen molar-refractivity contribution >= 4 is 18.1 Å². The van der Waals surface area contributed by atoms with Gasteiger partial charge in [0.1, 0.15) is 30.4 Å². The van der Waals surface area contributed by atoms with Crippen molar-refractivity contribution in [2.24, 2.45) is 4.99 Å². The maximum Gasteiger partial charge on any atom is 0.534 e. The van der Waals surface area contributed by atoms with Crippen molar-refractivity contribution in [1.29, 1.82) is 0 Å². The maximum absolute atomic E-state index is 12.5. The van der Waals surface area contributed by atoms with E-state index in [1.54, 1.807) is 41.5 Å². The number of hydroxylamine groups is 2. The van der Waals surface area contributed by atoms with Gasteiger partial charge in [0.2, 0.25) is 5.90 Å². The quantitative estimate of drug-likeness (QED) is 0.312. The van der Waals surface area contributed by atoms with Gasteiger partial charge < -0.3 is 14.2 Å². The minimum Gasteiger partial charge on any atom is -0.475 e. The number of ether oxygens (including phenoxy) is 3. The molecule has 0 unspecified atom stereocenters. The molecule has 2 aromatic rings. The second kappa shape index (κ2) is 11.2. The molecule has 0 saturated heterocycles. The number of nitrogens with zero attached hydrogens (tertiary/aromatic N) is 2. The molecule has 8 heteroatoms. The Labute approximate surface area is 212 Å². The van der Waals surface area contributed by atoms with Crippen molar-refractivity contribution in [2.75, 3.05) is 13.2 Å².